The Labute approximate surface area is 169 Å². The molecule has 29 heavy (non-hydrogen) atoms. The molecule has 1 amide bonds. The lowest BCUT2D eigenvalue weighted by Gasteiger charge is -2.40. The van der Waals surface area contributed by atoms with Crippen molar-refractivity contribution >= 4 is 12.2 Å². The van der Waals surface area contributed by atoms with Gasteiger partial charge in [0.25, 0.3) is 0 Å². The van der Waals surface area contributed by atoms with Crippen molar-refractivity contribution in [2.45, 2.75) is 38.3 Å². The van der Waals surface area contributed by atoms with Crippen molar-refractivity contribution in [1.29, 1.82) is 0 Å². The average Bonchev–Trinajstić information content (AvgIpc) is 3.18. The Kier molecular flexibility index (Phi) is 5.07. The van der Waals surface area contributed by atoms with E-state index in [1.54, 1.807) is 6.08 Å². The minimum atomic E-state index is -0.610. The Hall–Kier alpha value is -3.19. The van der Waals surface area contributed by atoms with E-state index in [0.717, 1.165) is 34.8 Å². The first-order valence-corrected chi connectivity index (χ1v) is 9.54. The molecule has 3 aliphatic heterocycles. The SMILES string of the molecule is C=C1C=Cc2cc3c(cc2O1)OC(C)(C)[C@@H](NOC(=O)N/C=C/C1=CCCO1)C3. The van der Waals surface area contributed by atoms with Crippen molar-refractivity contribution in [2.24, 2.45) is 0 Å². The summed E-state index contributed by atoms with van der Waals surface area (Å²) in [5.74, 6) is 2.81. The highest BCUT2D eigenvalue weighted by atomic mass is 16.7. The van der Waals surface area contributed by atoms with Gasteiger partial charge in [0.15, 0.2) is 0 Å². The Morgan fingerprint density at radius 3 is 2.97 bits per heavy atom. The normalized spacial score (nSPS) is 21.4. The quantitative estimate of drug-likeness (QED) is 0.755. The van der Waals surface area contributed by atoms with Gasteiger partial charge in [0.1, 0.15) is 28.6 Å². The molecule has 152 valence electrons. The van der Waals surface area contributed by atoms with Crippen molar-refractivity contribution in [3.8, 4) is 11.5 Å². The fourth-order valence-electron chi connectivity index (χ4n) is 3.36. The van der Waals surface area contributed by atoms with Gasteiger partial charge < -0.3 is 19.0 Å². The van der Waals surface area contributed by atoms with Crippen LogP contribution in [0.4, 0.5) is 4.79 Å². The number of ether oxygens (including phenoxy) is 3. The number of nitrogens with one attached hydrogen (secondary N) is 2. The summed E-state index contributed by atoms with van der Waals surface area (Å²) in [5.41, 5.74) is 4.22. The number of allylic oxidation sites excluding steroid dienone is 2. The number of hydrogen-bond donors (Lipinski definition) is 2. The molecule has 4 rings (SSSR count). The minimum absolute atomic E-state index is 0.230. The summed E-state index contributed by atoms with van der Waals surface area (Å²) >= 11 is 0. The van der Waals surface area contributed by atoms with Gasteiger partial charge in [-0.3, -0.25) is 5.32 Å². The van der Waals surface area contributed by atoms with E-state index in [9.17, 15) is 4.79 Å². The standard InChI is InChI=1S/C22H24N2O5/c1-14-6-7-15-11-16-12-20(22(2,3)28-19(16)13-18(15)27-14)24-29-21(25)23-9-8-17-5-4-10-26-17/h5-9,11,13,20,24H,1,4,10,12H2,2-3H3,(H,23,25)/b9-8+/t20-/m0/s1. The maximum absolute atomic E-state index is 12.0. The van der Waals surface area contributed by atoms with Gasteiger partial charge in [-0.2, -0.15) is 0 Å². The van der Waals surface area contributed by atoms with Gasteiger partial charge in [-0.1, -0.05) is 6.58 Å². The summed E-state index contributed by atoms with van der Waals surface area (Å²) in [6, 6.07) is 3.68. The molecule has 7 nitrogen and oxygen atoms in total. The minimum Gasteiger partial charge on any atom is -0.494 e. The van der Waals surface area contributed by atoms with Gasteiger partial charge in [0.2, 0.25) is 0 Å². The molecule has 7 heteroatoms. The fraction of sp³-hybridized carbons (Fsp3) is 0.318. The molecule has 1 aromatic rings. The average molecular weight is 396 g/mol. The lowest BCUT2D eigenvalue weighted by molar-refractivity contribution is -0.0203. The van der Waals surface area contributed by atoms with Gasteiger partial charge in [-0.15, -0.1) is 5.48 Å². The van der Waals surface area contributed by atoms with Gasteiger partial charge in [-0.05, 0) is 56.2 Å². The molecule has 3 heterocycles. The third-order valence-electron chi connectivity index (χ3n) is 4.99. The van der Waals surface area contributed by atoms with Crippen LogP contribution in [0.3, 0.4) is 0 Å². The van der Waals surface area contributed by atoms with Crippen molar-refractivity contribution in [3.05, 3.63) is 65.8 Å². The van der Waals surface area contributed by atoms with Crippen LogP contribution >= 0.6 is 0 Å². The molecule has 2 N–H and O–H groups in total. The number of hydrogen-bond acceptors (Lipinski definition) is 6. The van der Waals surface area contributed by atoms with Crippen molar-refractivity contribution in [1.82, 2.24) is 10.8 Å². The maximum atomic E-state index is 12.0. The smallest absolute Gasteiger partial charge is 0.430 e. The zero-order valence-electron chi connectivity index (χ0n) is 16.5. The first-order valence-electron chi connectivity index (χ1n) is 9.54. The number of benzene rings is 1. The molecule has 0 radical (unpaired) electrons. The van der Waals surface area contributed by atoms with E-state index >= 15 is 0 Å². The van der Waals surface area contributed by atoms with Crippen LogP contribution < -0.4 is 20.3 Å². The van der Waals surface area contributed by atoms with Gasteiger partial charge in [-0.25, -0.2) is 4.79 Å². The van der Waals surface area contributed by atoms with Crippen LogP contribution in [0.5, 0.6) is 11.5 Å². The highest BCUT2D eigenvalue weighted by Crippen LogP contribution is 2.40. The fourth-order valence-corrected chi connectivity index (χ4v) is 3.36. The molecule has 0 spiro atoms. The predicted molar refractivity (Wildman–Crippen MR) is 108 cm³/mol. The van der Waals surface area contributed by atoms with E-state index in [1.165, 1.54) is 6.20 Å². The number of carbonyl (C=O) groups is 1. The van der Waals surface area contributed by atoms with Crippen molar-refractivity contribution in [2.75, 3.05) is 6.61 Å². The van der Waals surface area contributed by atoms with E-state index < -0.39 is 11.7 Å². The summed E-state index contributed by atoms with van der Waals surface area (Å²) in [7, 11) is 0. The molecule has 0 saturated heterocycles. The molecule has 0 unspecified atom stereocenters. The number of amides is 1. The topological polar surface area (TPSA) is 78.0 Å². The summed E-state index contributed by atoms with van der Waals surface area (Å²) in [4.78, 5) is 17.1. The Morgan fingerprint density at radius 2 is 2.17 bits per heavy atom. The molecule has 1 aromatic carbocycles. The van der Waals surface area contributed by atoms with Gasteiger partial charge >= 0.3 is 6.09 Å². The van der Waals surface area contributed by atoms with E-state index in [4.69, 9.17) is 19.0 Å². The molecule has 1 atom stereocenters. The number of carbonyl (C=O) groups excluding carboxylic acids is 1. The summed E-state index contributed by atoms with van der Waals surface area (Å²) in [6.07, 6.45) is 9.82. The molecule has 0 aromatic heterocycles. The Balaban J connectivity index is 1.38. The summed E-state index contributed by atoms with van der Waals surface area (Å²) in [6.45, 7) is 8.38. The largest absolute Gasteiger partial charge is 0.494 e. The van der Waals surface area contributed by atoms with Crippen LogP contribution in [0.1, 0.15) is 31.4 Å². The van der Waals surface area contributed by atoms with Gasteiger partial charge in [0.05, 0.1) is 12.6 Å². The molecule has 0 fully saturated rings. The van der Waals surface area contributed by atoms with Gasteiger partial charge in [0, 0.05) is 24.3 Å². The Bertz CT molecular complexity index is 929. The second-order valence-corrected chi connectivity index (χ2v) is 7.59. The highest BCUT2D eigenvalue weighted by molar-refractivity contribution is 5.68. The molecular weight excluding hydrogens is 372 g/mol. The number of rotatable bonds is 4. The molecule has 0 aliphatic carbocycles. The molecule has 3 aliphatic rings. The third-order valence-corrected chi connectivity index (χ3v) is 4.99. The zero-order chi connectivity index (χ0) is 20.4. The van der Waals surface area contributed by atoms with E-state index in [2.05, 4.69) is 17.4 Å². The van der Waals surface area contributed by atoms with Crippen LogP contribution in [0, 0.1) is 0 Å². The Morgan fingerprint density at radius 1 is 1.31 bits per heavy atom. The first kappa shape index (κ1) is 19.1. The predicted octanol–water partition coefficient (Wildman–Crippen LogP) is 3.74. The van der Waals surface area contributed by atoms with Crippen LogP contribution in [0.2, 0.25) is 0 Å². The zero-order valence-corrected chi connectivity index (χ0v) is 16.5. The second kappa shape index (κ2) is 7.67. The first-order chi connectivity index (χ1) is 13.9. The highest BCUT2D eigenvalue weighted by Gasteiger charge is 2.38. The van der Waals surface area contributed by atoms with Crippen LogP contribution in [-0.2, 0) is 16.0 Å². The molecule has 0 saturated carbocycles. The van der Waals surface area contributed by atoms with Crippen LogP contribution in [0.25, 0.3) is 6.08 Å². The molecular formula is C22H24N2O5. The number of fused-ring (bicyclic) bond motifs is 2. The summed E-state index contributed by atoms with van der Waals surface area (Å²) < 4.78 is 17.2. The lowest BCUT2D eigenvalue weighted by Crippen LogP contribution is -2.55. The maximum Gasteiger partial charge on any atom is 0.430 e. The molecule has 0 bridgehead atoms. The monoisotopic (exact) mass is 396 g/mol. The second-order valence-electron chi connectivity index (χ2n) is 7.59. The van der Waals surface area contributed by atoms with Crippen LogP contribution in [0.15, 0.2) is 54.7 Å². The lowest BCUT2D eigenvalue weighted by atomic mass is 9.88. The number of hydroxylamine groups is 1. The van der Waals surface area contributed by atoms with E-state index in [1.807, 2.05) is 44.2 Å². The van der Waals surface area contributed by atoms with Crippen molar-refractivity contribution in [3.63, 3.8) is 0 Å². The van der Waals surface area contributed by atoms with Crippen molar-refractivity contribution < 1.29 is 23.8 Å². The van der Waals surface area contributed by atoms with Crippen LogP contribution in [-0.4, -0.2) is 24.3 Å². The third kappa shape index (κ3) is 4.30. The van der Waals surface area contributed by atoms with E-state index in [-0.39, 0.29) is 6.04 Å². The van der Waals surface area contributed by atoms with E-state index in [0.29, 0.717) is 18.8 Å². The summed E-state index contributed by atoms with van der Waals surface area (Å²) in [5, 5.41) is 2.54.